The summed E-state index contributed by atoms with van der Waals surface area (Å²) in [7, 11) is 0. The lowest BCUT2D eigenvalue weighted by Gasteiger charge is -2.23. The highest BCUT2D eigenvalue weighted by Crippen LogP contribution is 2.50. The van der Waals surface area contributed by atoms with Crippen molar-refractivity contribution in [1.29, 1.82) is 0 Å². The normalized spacial score (nSPS) is 16.5. The molecule has 0 saturated heterocycles. The summed E-state index contributed by atoms with van der Waals surface area (Å²) in [5, 5.41) is 0. The number of fused-ring (bicyclic) bond motifs is 3. The third kappa shape index (κ3) is 2.20. The molecule has 0 N–H and O–H groups in total. The second kappa shape index (κ2) is 5.26. The number of rotatable bonds is 3. The average Bonchev–Trinajstić information content (AvgIpc) is 2.74. The van der Waals surface area contributed by atoms with Crippen LogP contribution in [0.4, 0.5) is 0 Å². The van der Waals surface area contributed by atoms with Gasteiger partial charge in [0.05, 0.1) is 0 Å². The summed E-state index contributed by atoms with van der Waals surface area (Å²) in [5.41, 5.74) is 8.89. The van der Waals surface area contributed by atoms with Gasteiger partial charge in [0.15, 0.2) is 0 Å². The third-order valence-corrected chi connectivity index (χ3v) is 5.57. The predicted molar refractivity (Wildman–Crippen MR) is 96.8 cm³/mol. The quantitative estimate of drug-likeness (QED) is 0.595. The van der Waals surface area contributed by atoms with Gasteiger partial charge in [-0.3, -0.25) is 0 Å². The van der Waals surface area contributed by atoms with E-state index >= 15 is 0 Å². The maximum atomic E-state index is 2.46. The van der Waals surface area contributed by atoms with Crippen LogP contribution < -0.4 is 0 Å². The molecule has 0 saturated carbocycles. The minimum absolute atomic E-state index is 0.110. The molecule has 1 unspecified atom stereocenters. The Balaban J connectivity index is 2.17. The zero-order valence-corrected chi connectivity index (χ0v) is 14.8. The van der Waals surface area contributed by atoms with E-state index < -0.39 is 0 Å². The van der Waals surface area contributed by atoms with Crippen LogP contribution in [0.15, 0.2) is 36.4 Å². The molecule has 1 atom stereocenters. The van der Waals surface area contributed by atoms with Crippen molar-refractivity contribution in [2.24, 2.45) is 0 Å². The molecule has 1 aliphatic carbocycles. The third-order valence-electron chi connectivity index (χ3n) is 5.57. The maximum Gasteiger partial charge on any atom is 0.0159 e. The topological polar surface area (TPSA) is 0 Å². The largest absolute Gasteiger partial charge is 0.0648 e. The molecule has 0 heterocycles. The monoisotopic (exact) mass is 292 g/mol. The van der Waals surface area contributed by atoms with E-state index in [9.17, 15) is 0 Å². The van der Waals surface area contributed by atoms with Crippen molar-refractivity contribution in [3.63, 3.8) is 0 Å². The predicted octanol–water partition coefficient (Wildman–Crippen LogP) is 6.63. The molecule has 3 rings (SSSR count). The van der Waals surface area contributed by atoms with E-state index in [1.165, 1.54) is 39.8 Å². The number of hydrogen-bond donors (Lipinski definition) is 0. The van der Waals surface area contributed by atoms with Crippen molar-refractivity contribution >= 4 is 0 Å². The fourth-order valence-electron chi connectivity index (χ4n) is 3.67. The van der Waals surface area contributed by atoms with Gasteiger partial charge in [0, 0.05) is 5.41 Å². The molecule has 0 fully saturated rings. The molecule has 0 bridgehead atoms. The van der Waals surface area contributed by atoms with Crippen molar-refractivity contribution in [2.75, 3.05) is 0 Å². The van der Waals surface area contributed by atoms with Gasteiger partial charge < -0.3 is 0 Å². The van der Waals surface area contributed by atoms with Gasteiger partial charge >= 0.3 is 0 Å². The Labute approximate surface area is 135 Å². The van der Waals surface area contributed by atoms with Gasteiger partial charge in [-0.05, 0) is 51.6 Å². The van der Waals surface area contributed by atoms with E-state index in [0.29, 0.717) is 11.8 Å². The van der Waals surface area contributed by atoms with E-state index in [0.717, 1.165) is 0 Å². The van der Waals surface area contributed by atoms with Gasteiger partial charge in [-0.2, -0.15) is 0 Å². The molecule has 1 aliphatic rings. The Bertz CT molecular complexity index is 704. The summed E-state index contributed by atoms with van der Waals surface area (Å²) >= 11 is 0. The van der Waals surface area contributed by atoms with E-state index in [4.69, 9.17) is 0 Å². The maximum absolute atomic E-state index is 2.46. The van der Waals surface area contributed by atoms with Crippen molar-refractivity contribution in [1.82, 2.24) is 0 Å². The number of hydrogen-bond acceptors (Lipinski definition) is 0. The van der Waals surface area contributed by atoms with Gasteiger partial charge in [-0.25, -0.2) is 0 Å². The highest BCUT2D eigenvalue weighted by molar-refractivity contribution is 5.81. The molecule has 0 nitrogen and oxygen atoms in total. The van der Waals surface area contributed by atoms with Crippen molar-refractivity contribution in [2.45, 2.75) is 65.2 Å². The highest BCUT2D eigenvalue weighted by Gasteiger charge is 2.35. The molecule has 0 amide bonds. The molecule has 0 aliphatic heterocycles. The van der Waals surface area contributed by atoms with E-state index in [1.54, 1.807) is 0 Å². The second-order valence-electron chi connectivity index (χ2n) is 7.70. The molecule has 0 spiro atoms. The summed E-state index contributed by atoms with van der Waals surface area (Å²) in [6, 6.07) is 14.2. The lowest BCUT2D eigenvalue weighted by atomic mass is 9.80. The Hall–Kier alpha value is -1.56. The Morgan fingerprint density at radius 2 is 1.32 bits per heavy atom. The van der Waals surface area contributed by atoms with Gasteiger partial charge in [0.1, 0.15) is 0 Å². The molecule has 0 radical (unpaired) electrons. The summed E-state index contributed by atoms with van der Waals surface area (Å²) < 4.78 is 0. The van der Waals surface area contributed by atoms with Gasteiger partial charge in [0.25, 0.3) is 0 Å². The van der Waals surface area contributed by atoms with E-state index in [1.807, 2.05) is 0 Å². The minimum atomic E-state index is 0.110. The van der Waals surface area contributed by atoms with E-state index in [-0.39, 0.29) is 5.41 Å². The molecule has 0 aromatic heterocycles. The van der Waals surface area contributed by atoms with E-state index in [2.05, 4.69) is 77.9 Å². The molecule has 2 aromatic rings. The summed E-state index contributed by atoms with van der Waals surface area (Å²) in [4.78, 5) is 0. The van der Waals surface area contributed by atoms with Crippen molar-refractivity contribution < 1.29 is 0 Å². The van der Waals surface area contributed by atoms with Crippen LogP contribution in [0.25, 0.3) is 11.1 Å². The molecular weight excluding hydrogens is 264 g/mol. The Morgan fingerprint density at radius 3 is 1.82 bits per heavy atom. The Kier molecular flexibility index (Phi) is 3.67. The Morgan fingerprint density at radius 1 is 0.818 bits per heavy atom. The first-order valence-electron chi connectivity index (χ1n) is 8.65. The summed E-state index contributed by atoms with van der Waals surface area (Å²) in [5.74, 6) is 1.22. The number of benzene rings is 2. The first-order valence-corrected chi connectivity index (χ1v) is 8.65. The fraction of sp³-hybridized carbons (Fsp3) is 0.455. The molecule has 0 heteroatoms. The zero-order chi connectivity index (χ0) is 16.1. The average molecular weight is 292 g/mol. The molecular formula is C22H28. The van der Waals surface area contributed by atoms with Crippen LogP contribution >= 0.6 is 0 Å². The van der Waals surface area contributed by atoms with Crippen molar-refractivity contribution in [3.8, 4) is 11.1 Å². The van der Waals surface area contributed by atoms with Crippen LogP contribution in [0.5, 0.6) is 0 Å². The summed E-state index contributed by atoms with van der Waals surface area (Å²) in [6.45, 7) is 13.9. The molecule has 22 heavy (non-hydrogen) atoms. The lowest BCUT2D eigenvalue weighted by molar-refractivity contribution is 0.652. The van der Waals surface area contributed by atoms with Gasteiger partial charge in [-0.15, -0.1) is 0 Å². The van der Waals surface area contributed by atoms with Gasteiger partial charge in [-0.1, -0.05) is 77.9 Å². The standard InChI is InChI=1S/C22H28/c1-7-15(4)17-9-11-19-18-10-8-16(14(2)3)12-20(18)22(5,6)21(19)13-17/h8-15H,7H2,1-6H3. The lowest BCUT2D eigenvalue weighted by Crippen LogP contribution is -2.15. The van der Waals surface area contributed by atoms with Crippen LogP contribution in [0.2, 0.25) is 0 Å². The van der Waals surface area contributed by atoms with Crippen LogP contribution in [-0.4, -0.2) is 0 Å². The van der Waals surface area contributed by atoms with Crippen LogP contribution in [0.3, 0.4) is 0 Å². The van der Waals surface area contributed by atoms with Crippen molar-refractivity contribution in [3.05, 3.63) is 58.7 Å². The SMILES string of the molecule is CCC(C)c1ccc2c(c1)C(C)(C)c1cc(C(C)C)ccc1-2. The van der Waals surface area contributed by atoms with Gasteiger partial charge in [0.2, 0.25) is 0 Å². The van der Waals surface area contributed by atoms with Crippen LogP contribution in [0.1, 0.15) is 82.1 Å². The molecule has 2 aromatic carbocycles. The van der Waals surface area contributed by atoms with Crippen LogP contribution in [0, 0.1) is 0 Å². The molecule has 116 valence electrons. The minimum Gasteiger partial charge on any atom is -0.0648 e. The zero-order valence-electron chi connectivity index (χ0n) is 14.8. The first kappa shape index (κ1) is 15.3. The highest BCUT2D eigenvalue weighted by atomic mass is 14.4. The fourth-order valence-corrected chi connectivity index (χ4v) is 3.67. The smallest absolute Gasteiger partial charge is 0.0159 e. The first-order chi connectivity index (χ1) is 10.4. The van der Waals surface area contributed by atoms with Crippen LogP contribution in [-0.2, 0) is 5.41 Å². The second-order valence-corrected chi connectivity index (χ2v) is 7.70. The summed E-state index contributed by atoms with van der Waals surface area (Å²) in [6.07, 6.45) is 1.20.